The lowest BCUT2D eigenvalue weighted by molar-refractivity contribution is -0.384. The topological polar surface area (TPSA) is 110 Å². The second-order valence-corrected chi connectivity index (χ2v) is 7.33. The molecule has 29 heavy (non-hydrogen) atoms. The minimum atomic E-state index is -0.564. The Bertz CT molecular complexity index is 899. The highest BCUT2D eigenvalue weighted by Crippen LogP contribution is 2.31. The van der Waals surface area contributed by atoms with Crippen LogP contribution in [0.3, 0.4) is 0 Å². The number of rotatable bonds is 6. The molecule has 2 heterocycles. The Morgan fingerprint density at radius 2 is 1.97 bits per heavy atom. The van der Waals surface area contributed by atoms with Crippen molar-refractivity contribution < 1.29 is 14.5 Å². The highest BCUT2D eigenvalue weighted by molar-refractivity contribution is 6.35. The molecule has 1 aromatic carbocycles. The van der Waals surface area contributed by atoms with E-state index in [4.69, 9.17) is 27.9 Å². The first-order valence-electron chi connectivity index (χ1n) is 9.03. The van der Waals surface area contributed by atoms with Crippen molar-refractivity contribution >= 4 is 52.3 Å². The number of piperidine rings is 1. The summed E-state index contributed by atoms with van der Waals surface area (Å²) in [5.74, 6) is 0.0202. The van der Waals surface area contributed by atoms with E-state index in [0.717, 1.165) is 6.20 Å². The monoisotopic (exact) mass is 439 g/mol. The number of nitrogens with one attached hydrogen (secondary N) is 1. The fourth-order valence-corrected chi connectivity index (χ4v) is 3.61. The molecule has 1 aromatic heterocycles. The van der Waals surface area contributed by atoms with Crippen LogP contribution in [0.15, 0.2) is 24.4 Å². The number of hydrogen-bond acceptors (Lipinski definition) is 8. The average Bonchev–Trinajstić information content (AvgIpc) is 2.67. The fourth-order valence-electron chi connectivity index (χ4n) is 3.08. The minimum Gasteiger partial charge on any atom is -0.466 e. The van der Waals surface area contributed by atoms with Crippen LogP contribution in [0, 0.1) is 16.0 Å². The van der Waals surface area contributed by atoms with Crippen molar-refractivity contribution in [1.82, 2.24) is 9.97 Å². The van der Waals surface area contributed by atoms with Crippen molar-refractivity contribution in [2.24, 2.45) is 5.92 Å². The quantitative estimate of drug-likeness (QED) is 0.404. The molecule has 0 spiro atoms. The molecule has 3 rings (SSSR count). The molecule has 0 bridgehead atoms. The molecular formula is C18H19Cl2N5O4. The third-order valence-electron chi connectivity index (χ3n) is 4.48. The summed E-state index contributed by atoms with van der Waals surface area (Å²) >= 11 is 12.0. The molecule has 1 fully saturated rings. The summed E-state index contributed by atoms with van der Waals surface area (Å²) in [5.41, 5.74) is 0.197. The zero-order valence-electron chi connectivity index (χ0n) is 15.6. The molecular weight excluding hydrogens is 421 g/mol. The van der Waals surface area contributed by atoms with Gasteiger partial charge in [-0.05, 0) is 38.0 Å². The van der Waals surface area contributed by atoms with Crippen LogP contribution in [0.5, 0.6) is 0 Å². The Hall–Kier alpha value is -2.65. The van der Waals surface area contributed by atoms with Gasteiger partial charge in [-0.15, -0.1) is 0 Å². The van der Waals surface area contributed by atoms with Crippen molar-refractivity contribution in [3.05, 3.63) is 44.6 Å². The third-order valence-corrected chi connectivity index (χ3v) is 4.91. The lowest BCUT2D eigenvalue weighted by Crippen LogP contribution is -2.38. The van der Waals surface area contributed by atoms with Crippen LogP contribution in [0.25, 0.3) is 0 Å². The van der Waals surface area contributed by atoms with Crippen LogP contribution < -0.4 is 10.2 Å². The standard InChI is InChI=1S/C18H19Cl2N5O4/c1-2-29-17(26)11-3-5-24(6-4-11)18-21-10-15(25(27)28)16(23-18)22-14-8-12(19)7-13(20)9-14/h7-11H,2-6H2,1H3,(H,21,22,23). The van der Waals surface area contributed by atoms with E-state index in [-0.39, 0.29) is 23.4 Å². The minimum absolute atomic E-state index is 0.0332. The van der Waals surface area contributed by atoms with Crippen LogP contribution in [0.2, 0.25) is 10.0 Å². The summed E-state index contributed by atoms with van der Waals surface area (Å²) in [6.07, 6.45) is 2.37. The summed E-state index contributed by atoms with van der Waals surface area (Å²) in [6, 6.07) is 4.73. The van der Waals surface area contributed by atoms with Crippen molar-refractivity contribution in [1.29, 1.82) is 0 Å². The summed E-state index contributed by atoms with van der Waals surface area (Å²) in [5, 5.41) is 15.1. The maximum atomic E-state index is 11.9. The number of carbonyl (C=O) groups is 1. The highest BCUT2D eigenvalue weighted by atomic mass is 35.5. The van der Waals surface area contributed by atoms with Crippen LogP contribution >= 0.6 is 23.2 Å². The highest BCUT2D eigenvalue weighted by Gasteiger charge is 2.28. The van der Waals surface area contributed by atoms with E-state index in [9.17, 15) is 14.9 Å². The second kappa shape index (κ2) is 9.23. The van der Waals surface area contributed by atoms with Gasteiger partial charge in [-0.25, -0.2) is 4.98 Å². The van der Waals surface area contributed by atoms with Crippen LogP contribution in [-0.4, -0.2) is 40.6 Å². The molecule has 1 aliphatic heterocycles. The third kappa shape index (κ3) is 5.24. The largest absolute Gasteiger partial charge is 0.466 e. The van der Waals surface area contributed by atoms with Gasteiger partial charge in [0.15, 0.2) is 0 Å². The average molecular weight is 440 g/mol. The van der Waals surface area contributed by atoms with E-state index >= 15 is 0 Å². The number of benzene rings is 1. The first-order valence-corrected chi connectivity index (χ1v) is 9.79. The number of hydrogen-bond donors (Lipinski definition) is 1. The number of anilines is 3. The molecule has 1 aliphatic rings. The number of esters is 1. The van der Waals surface area contributed by atoms with Crippen LogP contribution in [-0.2, 0) is 9.53 Å². The normalized spacial score (nSPS) is 14.5. The van der Waals surface area contributed by atoms with Gasteiger partial charge >= 0.3 is 11.7 Å². The number of nitro groups is 1. The molecule has 11 heteroatoms. The van der Waals surface area contributed by atoms with Crippen LogP contribution in [0.4, 0.5) is 23.1 Å². The van der Waals surface area contributed by atoms with E-state index in [2.05, 4.69) is 15.3 Å². The number of nitrogens with zero attached hydrogens (tertiary/aromatic N) is 4. The van der Waals surface area contributed by atoms with Gasteiger partial charge in [-0.2, -0.15) is 4.98 Å². The number of aromatic nitrogens is 2. The molecule has 0 saturated carbocycles. The van der Waals surface area contributed by atoms with Gasteiger partial charge in [0.25, 0.3) is 0 Å². The molecule has 0 amide bonds. The van der Waals surface area contributed by atoms with Crippen molar-refractivity contribution in [2.75, 3.05) is 29.9 Å². The predicted molar refractivity (Wildman–Crippen MR) is 110 cm³/mol. The summed E-state index contributed by atoms with van der Waals surface area (Å²) < 4.78 is 5.07. The first kappa shape index (κ1) is 21.1. The van der Waals surface area contributed by atoms with E-state index in [1.54, 1.807) is 25.1 Å². The Balaban J connectivity index is 1.80. The first-order chi connectivity index (χ1) is 13.9. The van der Waals surface area contributed by atoms with E-state index < -0.39 is 4.92 Å². The molecule has 9 nitrogen and oxygen atoms in total. The SMILES string of the molecule is CCOC(=O)C1CCN(c2ncc([N+](=O)[O-])c(Nc3cc(Cl)cc(Cl)c3)n2)CC1. The Labute approximate surface area is 177 Å². The Morgan fingerprint density at radius 3 is 2.55 bits per heavy atom. The van der Waals surface area contributed by atoms with E-state index in [1.165, 1.54) is 0 Å². The lowest BCUT2D eigenvalue weighted by Gasteiger charge is -2.30. The van der Waals surface area contributed by atoms with Gasteiger partial charge in [0, 0.05) is 28.8 Å². The van der Waals surface area contributed by atoms with Gasteiger partial charge in [-0.3, -0.25) is 14.9 Å². The summed E-state index contributed by atoms with van der Waals surface area (Å²) in [7, 11) is 0. The maximum absolute atomic E-state index is 11.9. The summed E-state index contributed by atoms with van der Waals surface area (Å²) in [4.78, 5) is 33.1. The number of ether oxygens (including phenoxy) is 1. The van der Waals surface area contributed by atoms with Gasteiger partial charge < -0.3 is 15.0 Å². The van der Waals surface area contributed by atoms with Crippen LogP contribution in [0.1, 0.15) is 19.8 Å². The zero-order valence-corrected chi connectivity index (χ0v) is 17.1. The summed E-state index contributed by atoms with van der Waals surface area (Å²) in [6.45, 7) is 3.22. The molecule has 0 atom stereocenters. The molecule has 154 valence electrons. The van der Waals surface area contributed by atoms with Gasteiger partial charge in [0.05, 0.1) is 17.4 Å². The van der Waals surface area contributed by atoms with E-state index in [1.807, 2.05) is 4.90 Å². The number of carbonyl (C=O) groups excluding carboxylic acids is 1. The fraction of sp³-hybridized carbons (Fsp3) is 0.389. The molecule has 2 aromatic rings. The molecule has 1 saturated heterocycles. The predicted octanol–water partition coefficient (Wildman–Crippen LogP) is 4.21. The molecule has 0 radical (unpaired) electrons. The Kier molecular flexibility index (Phi) is 6.71. The smallest absolute Gasteiger partial charge is 0.329 e. The maximum Gasteiger partial charge on any atom is 0.329 e. The number of halogens is 2. The van der Waals surface area contributed by atoms with Crippen molar-refractivity contribution in [2.45, 2.75) is 19.8 Å². The second-order valence-electron chi connectivity index (χ2n) is 6.46. The van der Waals surface area contributed by atoms with Gasteiger partial charge in [0.1, 0.15) is 6.20 Å². The molecule has 0 aliphatic carbocycles. The molecule has 0 unspecified atom stereocenters. The van der Waals surface area contributed by atoms with Crippen molar-refractivity contribution in [3.8, 4) is 0 Å². The molecule has 1 N–H and O–H groups in total. The lowest BCUT2D eigenvalue weighted by atomic mass is 9.97. The Morgan fingerprint density at radius 1 is 1.31 bits per heavy atom. The van der Waals surface area contributed by atoms with Crippen molar-refractivity contribution in [3.63, 3.8) is 0 Å². The van der Waals surface area contributed by atoms with Gasteiger partial charge in [-0.1, -0.05) is 23.2 Å². The van der Waals surface area contributed by atoms with E-state index in [0.29, 0.717) is 54.2 Å². The van der Waals surface area contributed by atoms with Gasteiger partial charge in [0.2, 0.25) is 11.8 Å². The zero-order chi connectivity index (χ0) is 21.0.